The lowest BCUT2D eigenvalue weighted by atomic mass is 9.87. The minimum atomic E-state index is -0.614. The summed E-state index contributed by atoms with van der Waals surface area (Å²) < 4.78 is 0. The molecule has 0 aliphatic carbocycles. The first-order valence-corrected chi connectivity index (χ1v) is 8.99. The van der Waals surface area contributed by atoms with Gasteiger partial charge in [-0.1, -0.05) is 39.3 Å². The molecule has 0 aliphatic rings. The molecule has 3 N–H and O–H groups in total. The van der Waals surface area contributed by atoms with Crippen LogP contribution >= 0.6 is 11.6 Å². The quantitative estimate of drug-likeness (QED) is 0.627. The van der Waals surface area contributed by atoms with Gasteiger partial charge < -0.3 is 15.7 Å². The van der Waals surface area contributed by atoms with Gasteiger partial charge in [-0.05, 0) is 48.4 Å². The molecule has 1 aromatic rings. The lowest BCUT2D eigenvalue weighted by Gasteiger charge is -2.27. The Morgan fingerprint density at radius 2 is 1.80 bits per heavy atom. The van der Waals surface area contributed by atoms with Gasteiger partial charge in [0.1, 0.15) is 6.04 Å². The standard InChI is InChI=1S/C19H29ClN2O3/c1-13(2)16(18(25)21-12-19(3,4)10-5-11-23)22-17(24)14-6-8-15(20)9-7-14/h6-9,13,16,23H,5,10-12H2,1-4H3,(H,21,25)(H,22,24)/t16-/m0/s1. The Hall–Kier alpha value is -1.59. The van der Waals surface area contributed by atoms with Crippen molar-refractivity contribution in [3.8, 4) is 0 Å². The summed E-state index contributed by atoms with van der Waals surface area (Å²) in [6, 6.07) is 5.93. The molecule has 0 spiro atoms. The van der Waals surface area contributed by atoms with E-state index in [4.69, 9.17) is 16.7 Å². The topological polar surface area (TPSA) is 78.4 Å². The molecule has 0 saturated heterocycles. The molecule has 1 aromatic carbocycles. The van der Waals surface area contributed by atoms with Crippen molar-refractivity contribution in [3.05, 3.63) is 34.9 Å². The van der Waals surface area contributed by atoms with Gasteiger partial charge in [-0.2, -0.15) is 0 Å². The van der Waals surface area contributed by atoms with E-state index < -0.39 is 6.04 Å². The van der Waals surface area contributed by atoms with E-state index in [1.807, 2.05) is 27.7 Å². The molecule has 1 atom stereocenters. The van der Waals surface area contributed by atoms with E-state index in [9.17, 15) is 9.59 Å². The highest BCUT2D eigenvalue weighted by Gasteiger charge is 2.26. The van der Waals surface area contributed by atoms with Crippen LogP contribution in [-0.2, 0) is 4.79 Å². The van der Waals surface area contributed by atoms with Gasteiger partial charge in [0.15, 0.2) is 0 Å². The number of amides is 2. The van der Waals surface area contributed by atoms with E-state index in [2.05, 4.69) is 10.6 Å². The van der Waals surface area contributed by atoms with Gasteiger partial charge in [0.25, 0.3) is 5.91 Å². The van der Waals surface area contributed by atoms with Crippen LogP contribution in [0.1, 0.15) is 50.9 Å². The van der Waals surface area contributed by atoms with Crippen LogP contribution in [0.25, 0.3) is 0 Å². The molecule has 0 saturated carbocycles. The Morgan fingerprint density at radius 3 is 2.32 bits per heavy atom. The van der Waals surface area contributed by atoms with E-state index in [1.54, 1.807) is 24.3 Å². The normalized spacial score (nSPS) is 12.8. The van der Waals surface area contributed by atoms with E-state index in [1.165, 1.54) is 0 Å². The Kier molecular flexibility index (Phi) is 8.39. The van der Waals surface area contributed by atoms with Crippen molar-refractivity contribution in [1.82, 2.24) is 10.6 Å². The molecular weight excluding hydrogens is 340 g/mol. The van der Waals surface area contributed by atoms with Crippen molar-refractivity contribution < 1.29 is 14.7 Å². The number of hydrogen-bond acceptors (Lipinski definition) is 3. The van der Waals surface area contributed by atoms with Gasteiger partial charge in [-0.25, -0.2) is 0 Å². The van der Waals surface area contributed by atoms with Gasteiger partial charge in [0.2, 0.25) is 5.91 Å². The Labute approximate surface area is 155 Å². The average molecular weight is 369 g/mol. The van der Waals surface area contributed by atoms with Crippen molar-refractivity contribution >= 4 is 23.4 Å². The van der Waals surface area contributed by atoms with Crippen LogP contribution in [0.5, 0.6) is 0 Å². The molecule has 0 radical (unpaired) electrons. The smallest absolute Gasteiger partial charge is 0.251 e. The molecular formula is C19H29ClN2O3. The predicted octanol–water partition coefficient (Wildman–Crippen LogP) is 3.01. The van der Waals surface area contributed by atoms with Crippen LogP contribution in [-0.4, -0.2) is 36.1 Å². The summed E-state index contributed by atoms with van der Waals surface area (Å²) in [5.74, 6) is -0.545. The summed E-state index contributed by atoms with van der Waals surface area (Å²) in [5, 5.41) is 15.2. The first-order chi connectivity index (χ1) is 11.7. The number of nitrogens with one attached hydrogen (secondary N) is 2. The van der Waals surface area contributed by atoms with E-state index >= 15 is 0 Å². The second-order valence-corrected chi connectivity index (χ2v) is 7.85. The van der Waals surface area contributed by atoms with Crippen molar-refractivity contribution in [3.63, 3.8) is 0 Å². The van der Waals surface area contributed by atoms with E-state index in [-0.39, 0.29) is 29.8 Å². The van der Waals surface area contributed by atoms with Crippen LogP contribution in [0.4, 0.5) is 0 Å². The first-order valence-electron chi connectivity index (χ1n) is 8.61. The Bertz CT molecular complexity index is 571. The third-order valence-corrected chi connectivity index (χ3v) is 4.35. The highest BCUT2D eigenvalue weighted by atomic mass is 35.5. The van der Waals surface area contributed by atoms with Crippen LogP contribution in [0.2, 0.25) is 5.02 Å². The molecule has 0 aromatic heterocycles. The van der Waals surface area contributed by atoms with Gasteiger partial charge in [0, 0.05) is 23.7 Å². The van der Waals surface area contributed by atoms with Gasteiger partial charge in [-0.3, -0.25) is 9.59 Å². The average Bonchev–Trinajstić information content (AvgIpc) is 2.56. The number of benzene rings is 1. The molecule has 0 aliphatic heterocycles. The molecule has 6 heteroatoms. The minimum absolute atomic E-state index is 0.0446. The van der Waals surface area contributed by atoms with E-state index in [0.29, 0.717) is 23.6 Å². The zero-order valence-electron chi connectivity index (χ0n) is 15.4. The molecule has 5 nitrogen and oxygen atoms in total. The maximum atomic E-state index is 12.5. The highest BCUT2D eigenvalue weighted by molar-refractivity contribution is 6.30. The van der Waals surface area contributed by atoms with Gasteiger partial charge >= 0.3 is 0 Å². The summed E-state index contributed by atoms with van der Waals surface area (Å²) in [6.45, 7) is 8.50. The molecule has 2 amide bonds. The van der Waals surface area contributed by atoms with Crippen molar-refractivity contribution in [2.75, 3.05) is 13.2 Å². The molecule has 0 bridgehead atoms. The van der Waals surface area contributed by atoms with Gasteiger partial charge in [-0.15, -0.1) is 0 Å². The fourth-order valence-electron chi connectivity index (χ4n) is 2.44. The number of carbonyl (C=O) groups is 2. The second-order valence-electron chi connectivity index (χ2n) is 7.41. The van der Waals surface area contributed by atoms with Gasteiger partial charge in [0.05, 0.1) is 0 Å². The lowest BCUT2D eigenvalue weighted by molar-refractivity contribution is -0.124. The third kappa shape index (κ3) is 7.45. The third-order valence-electron chi connectivity index (χ3n) is 4.09. The largest absolute Gasteiger partial charge is 0.396 e. The number of rotatable bonds is 9. The summed E-state index contributed by atoms with van der Waals surface area (Å²) in [7, 11) is 0. The Balaban J connectivity index is 2.67. The number of carbonyl (C=O) groups excluding carboxylic acids is 2. The van der Waals surface area contributed by atoms with Crippen molar-refractivity contribution in [2.45, 2.75) is 46.6 Å². The number of hydrogen-bond donors (Lipinski definition) is 3. The molecule has 140 valence electrons. The van der Waals surface area contributed by atoms with Crippen molar-refractivity contribution in [1.29, 1.82) is 0 Å². The molecule has 0 unspecified atom stereocenters. The molecule has 1 rings (SSSR count). The van der Waals surface area contributed by atoms with Crippen molar-refractivity contribution in [2.24, 2.45) is 11.3 Å². The second kappa shape index (κ2) is 9.78. The number of halogens is 1. The zero-order valence-corrected chi connectivity index (χ0v) is 16.2. The van der Waals surface area contributed by atoms with Crippen LogP contribution in [0.15, 0.2) is 24.3 Å². The predicted molar refractivity (Wildman–Crippen MR) is 101 cm³/mol. The summed E-state index contributed by atoms with van der Waals surface area (Å²) in [6.07, 6.45) is 1.51. The lowest BCUT2D eigenvalue weighted by Crippen LogP contribution is -2.51. The number of aliphatic hydroxyl groups excluding tert-OH is 1. The summed E-state index contributed by atoms with van der Waals surface area (Å²) in [4.78, 5) is 24.9. The maximum Gasteiger partial charge on any atom is 0.251 e. The SMILES string of the molecule is CC(C)[C@H](NC(=O)c1ccc(Cl)cc1)C(=O)NCC(C)(C)CCCO. The molecule has 25 heavy (non-hydrogen) atoms. The zero-order chi connectivity index (χ0) is 19.0. The maximum absolute atomic E-state index is 12.5. The summed E-state index contributed by atoms with van der Waals surface area (Å²) >= 11 is 5.83. The molecule has 0 heterocycles. The fraction of sp³-hybridized carbons (Fsp3) is 0.579. The Morgan fingerprint density at radius 1 is 1.20 bits per heavy atom. The molecule has 0 fully saturated rings. The highest BCUT2D eigenvalue weighted by Crippen LogP contribution is 2.21. The van der Waals surface area contributed by atoms with Crippen LogP contribution in [0, 0.1) is 11.3 Å². The first kappa shape index (κ1) is 21.5. The minimum Gasteiger partial charge on any atom is -0.396 e. The van der Waals surface area contributed by atoms with E-state index in [0.717, 1.165) is 6.42 Å². The number of aliphatic hydroxyl groups is 1. The van der Waals surface area contributed by atoms with Crippen LogP contribution in [0.3, 0.4) is 0 Å². The summed E-state index contributed by atoms with van der Waals surface area (Å²) in [5.41, 5.74) is 0.353. The monoisotopic (exact) mass is 368 g/mol. The fourth-order valence-corrected chi connectivity index (χ4v) is 2.57. The van der Waals surface area contributed by atoms with Crippen LogP contribution < -0.4 is 10.6 Å².